The Bertz CT molecular complexity index is 762. The van der Waals surface area contributed by atoms with E-state index >= 15 is 0 Å². The molecule has 1 aliphatic rings. The van der Waals surface area contributed by atoms with Gasteiger partial charge in [0.15, 0.2) is 5.75 Å². The van der Waals surface area contributed by atoms with Crippen LogP contribution in [0.3, 0.4) is 0 Å². The number of anilines is 1. The maximum absolute atomic E-state index is 11.1. The predicted molar refractivity (Wildman–Crippen MR) is 101 cm³/mol. The summed E-state index contributed by atoms with van der Waals surface area (Å²) < 4.78 is 5.44. The highest BCUT2D eigenvalue weighted by atomic mass is 35.5. The summed E-state index contributed by atoms with van der Waals surface area (Å²) in [5.74, 6) is 0.322. The molecule has 0 aliphatic carbocycles. The van der Waals surface area contributed by atoms with Crippen LogP contribution < -0.4 is 9.64 Å². The monoisotopic (exact) mass is 376 g/mol. The zero-order valence-corrected chi connectivity index (χ0v) is 15.4. The Morgan fingerprint density at radius 2 is 2.00 bits per heavy atom. The SMILES string of the molecule is CCOc1cc(N2CCN(Cc3ccc(Cl)cn3)CC2)ccc1[N+](=O)[O-]. The van der Waals surface area contributed by atoms with Crippen LogP contribution in [-0.4, -0.2) is 47.6 Å². The molecule has 1 fully saturated rings. The Morgan fingerprint density at radius 3 is 2.62 bits per heavy atom. The van der Waals surface area contributed by atoms with Gasteiger partial charge in [-0.15, -0.1) is 0 Å². The average molecular weight is 377 g/mol. The summed E-state index contributed by atoms with van der Waals surface area (Å²) in [7, 11) is 0. The lowest BCUT2D eigenvalue weighted by Gasteiger charge is -2.36. The van der Waals surface area contributed by atoms with E-state index < -0.39 is 4.92 Å². The fraction of sp³-hybridized carbons (Fsp3) is 0.389. The number of piperazine rings is 1. The van der Waals surface area contributed by atoms with Gasteiger partial charge in [0.05, 0.1) is 22.2 Å². The van der Waals surface area contributed by atoms with Gasteiger partial charge in [-0.3, -0.25) is 20.0 Å². The second kappa shape index (κ2) is 8.33. The summed E-state index contributed by atoms with van der Waals surface area (Å²) >= 11 is 5.87. The Labute approximate surface area is 157 Å². The van der Waals surface area contributed by atoms with Crippen LogP contribution in [0.1, 0.15) is 12.6 Å². The lowest BCUT2D eigenvalue weighted by atomic mass is 10.2. The number of hydrogen-bond donors (Lipinski definition) is 0. The molecule has 1 saturated heterocycles. The van der Waals surface area contributed by atoms with Crippen LogP contribution in [-0.2, 0) is 6.54 Å². The van der Waals surface area contributed by atoms with Gasteiger partial charge in [-0.05, 0) is 25.1 Å². The first-order valence-corrected chi connectivity index (χ1v) is 8.93. The molecule has 0 bridgehead atoms. The van der Waals surface area contributed by atoms with Crippen LogP contribution in [0.15, 0.2) is 36.5 Å². The molecule has 1 aromatic carbocycles. The molecule has 2 heterocycles. The zero-order chi connectivity index (χ0) is 18.5. The third kappa shape index (κ3) is 4.42. The summed E-state index contributed by atoms with van der Waals surface area (Å²) in [6, 6.07) is 8.87. The molecular weight excluding hydrogens is 356 g/mol. The molecule has 7 nitrogen and oxygen atoms in total. The molecule has 1 aliphatic heterocycles. The van der Waals surface area contributed by atoms with E-state index in [1.54, 1.807) is 18.3 Å². The summed E-state index contributed by atoms with van der Waals surface area (Å²) in [5, 5.41) is 11.8. The number of hydrogen-bond acceptors (Lipinski definition) is 6. The van der Waals surface area contributed by atoms with E-state index in [1.807, 2.05) is 19.1 Å². The quantitative estimate of drug-likeness (QED) is 0.568. The van der Waals surface area contributed by atoms with Crippen LogP contribution in [0.2, 0.25) is 5.02 Å². The van der Waals surface area contributed by atoms with Gasteiger partial charge in [0.1, 0.15) is 0 Å². The van der Waals surface area contributed by atoms with E-state index in [0.717, 1.165) is 44.1 Å². The van der Waals surface area contributed by atoms with Crippen molar-refractivity contribution in [1.82, 2.24) is 9.88 Å². The predicted octanol–water partition coefficient (Wildman–Crippen LogP) is 3.36. The van der Waals surface area contributed by atoms with Gasteiger partial charge in [0.2, 0.25) is 0 Å². The first-order chi connectivity index (χ1) is 12.6. The lowest BCUT2D eigenvalue weighted by molar-refractivity contribution is -0.385. The van der Waals surface area contributed by atoms with E-state index in [9.17, 15) is 10.1 Å². The highest BCUT2D eigenvalue weighted by Crippen LogP contribution is 2.32. The Hall–Kier alpha value is -2.38. The highest BCUT2D eigenvalue weighted by molar-refractivity contribution is 6.30. The van der Waals surface area contributed by atoms with E-state index in [1.165, 1.54) is 6.07 Å². The summed E-state index contributed by atoms with van der Waals surface area (Å²) in [4.78, 5) is 19.6. The van der Waals surface area contributed by atoms with Crippen molar-refractivity contribution >= 4 is 23.0 Å². The minimum Gasteiger partial charge on any atom is -0.487 e. The Balaban J connectivity index is 1.63. The summed E-state index contributed by atoms with van der Waals surface area (Å²) in [5.41, 5.74) is 1.95. The molecule has 0 atom stereocenters. The summed E-state index contributed by atoms with van der Waals surface area (Å²) in [6.07, 6.45) is 1.67. The molecule has 3 rings (SSSR count). The van der Waals surface area contributed by atoms with Gasteiger partial charge >= 0.3 is 5.69 Å². The number of benzene rings is 1. The van der Waals surface area contributed by atoms with Gasteiger partial charge in [-0.25, -0.2) is 0 Å². The van der Waals surface area contributed by atoms with E-state index in [2.05, 4.69) is 14.8 Å². The second-order valence-electron chi connectivity index (χ2n) is 6.07. The first kappa shape index (κ1) is 18.4. The van der Waals surface area contributed by atoms with Crippen LogP contribution in [0.5, 0.6) is 5.75 Å². The Morgan fingerprint density at radius 1 is 1.23 bits per heavy atom. The van der Waals surface area contributed by atoms with E-state index in [-0.39, 0.29) is 5.69 Å². The molecule has 0 radical (unpaired) electrons. The van der Waals surface area contributed by atoms with Crippen molar-refractivity contribution < 1.29 is 9.66 Å². The van der Waals surface area contributed by atoms with Crippen molar-refractivity contribution in [3.63, 3.8) is 0 Å². The number of aromatic nitrogens is 1. The van der Waals surface area contributed by atoms with Crippen LogP contribution in [0, 0.1) is 10.1 Å². The first-order valence-electron chi connectivity index (χ1n) is 8.56. The molecule has 0 saturated carbocycles. The van der Waals surface area contributed by atoms with Crippen LogP contribution >= 0.6 is 11.6 Å². The average Bonchev–Trinajstić information content (AvgIpc) is 2.64. The molecule has 1 aromatic heterocycles. The van der Waals surface area contributed by atoms with Crippen molar-refractivity contribution in [2.75, 3.05) is 37.7 Å². The van der Waals surface area contributed by atoms with Crippen molar-refractivity contribution in [2.24, 2.45) is 0 Å². The molecule has 2 aromatic rings. The smallest absolute Gasteiger partial charge is 0.311 e. The fourth-order valence-electron chi connectivity index (χ4n) is 3.01. The van der Waals surface area contributed by atoms with E-state index in [0.29, 0.717) is 17.4 Å². The zero-order valence-electron chi connectivity index (χ0n) is 14.6. The van der Waals surface area contributed by atoms with Crippen molar-refractivity contribution in [3.8, 4) is 5.75 Å². The van der Waals surface area contributed by atoms with Crippen LogP contribution in [0.4, 0.5) is 11.4 Å². The minimum absolute atomic E-state index is 0.00282. The molecular formula is C18H21ClN4O3. The fourth-order valence-corrected chi connectivity index (χ4v) is 3.13. The van der Waals surface area contributed by atoms with Crippen LogP contribution in [0.25, 0.3) is 0 Å². The maximum atomic E-state index is 11.1. The van der Waals surface area contributed by atoms with Gasteiger partial charge in [0, 0.05) is 56.7 Å². The van der Waals surface area contributed by atoms with Gasteiger partial charge in [-0.2, -0.15) is 0 Å². The molecule has 0 N–H and O–H groups in total. The topological polar surface area (TPSA) is 71.7 Å². The molecule has 0 spiro atoms. The number of rotatable bonds is 6. The number of nitrogens with zero attached hydrogens (tertiary/aromatic N) is 4. The molecule has 0 amide bonds. The number of nitro benzene ring substituents is 1. The molecule has 26 heavy (non-hydrogen) atoms. The normalized spacial score (nSPS) is 15.1. The number of ether oxygens (including phenoxy) is 1. The Kier molecular flexibility index (Phi) is 5.90. The minimum atomic E-state index is -0.411. The third-order valence-corrected chi connectivity index (χ3v) is 4.58. The largest absolute Gasteiger partial charge is 0.487 e. The molecule has 138 valence electrons. The highest BCUT2D eigenvalue weighted by Gasteiger charge is 2.21. The van der Waals surface area contributed by atoms with Gasteiger partial charge < -0.3 is 9.64 Å². The van der Waals surface area contributed by atoms with E-state index in [4.69, 9.17) is 16.3 Å². The van der Waals surface area contributed by atoms with Gasteiger partial charge in [-0.1, -0.05) is 11.6 Å². The second-order valence-corrected chi connectivity index (χ2v) is 6.51. The van der Waals surface area contributed by atoms with Gasteiger partial charge in [0.25, 0.3) is 0 Å². The maximum Gasteiger partial charge on any atom is 0.311 e. The number of nitro groups is 1. The lowest BCUT2D eigenvalue weighted by Crippen LogP contribution is -2.46. The number of pyridine rings is 1. The van der Waals surface area contributed by atoms with Crippen molar-refractivity contribution in [3.05, 3.63) is 57.4 Å². The standard InChI is InChI=1S/C18H21ClN4O3/c1-2-26-18-11-16(5-6-17(18)23(24)25)22-9-7-21(8-10-22)13-15-4-3-14(19)12-20-15/h3-6,11-12H,2,7-10,13H2,1H3. The molecule has 8 heteroatoms. The molecule has 0 unspecified atom stereocenters. The third-order valence-electron chi connectivity index (χ3n) is 4.35. The number of halogens is 1. The summed E-state index contributed by atoms with van der Waals surface area (Å²) in [6.45, 7) is 6.48. The van der Waals surface area contributed by atoms with Crippen molar-refractivity contribution in [2.45, 2.75) is 13.5 Å². The van der Waals surface area contributed by atoms with Crippen molar-refractivity contribution in [1.29, 1.82) is 0 Å².